The lowest BCUT2D eigenvalue weighted by Crippen LogP contribution is -2.50. The number of carbonyl (C=O) groups is 2. The van der Waals surface area contributed by atoms with Crippen LogP contribution in [0, 0.1) is 5.92 Å². The Hall–Kier alpha value is -4.43. The summed E-state index contributed by atoms with van der Waals surface area (Å²) in [6, 6.07) is 19.2. The summed E-state index contributed by atoms with van der Waals surface area (Å²) in [7, 11) is 0. The lowest BCUT2D eigenvalue weighted by Gasteiger charge is -2.39. The van der Waals surface area contributed by atoms with Gasteiger partial charge in [-0.15, -0.1) is 13.2 Å². The first kappa shape index (κ1) is 37.5. The van der Waals surface area contributed by atoms with E-state index in [0.29, 0.717) is 25.3 Å². The second kappa shape index (κ2) is 16.0. The second-order valence-corrected chi connectivity index (χ2v) is 15.6. The number of ether oxygens (including phenoxy) is 1. The maximum absolute atomic E-state index is 12.7. The molecule has 5 heterocycles. The Bertz CT molecular complexity index is 2000. The largest absolute Gasteiger partial charge is 0.573 e. The number of nitrogens with two attached hydrogens (primary N) is 1. The van der Waals surface area contributed by atoms with E-state index in [9.17, 15) is 22.8 Å². The number of aromatic nitrogens is 1. The Balaban J connectivity index is 0.821. The van der Waals surface area contributed by atoms with Crippen LogP contribution in [0.25, 0.3) is 22.0 Å². The number of carbonyl (C=O) groups excluding carboxylic acids is 2. The van der Waals surface area contributed by atoms with Gasteiger partial charge >= 0.3 is 6.36 Å². The molecular weight excluding hydrogens is 708 g/mol. The molecule has 1 atom stereocenters. The van der Waals surface area contributed by atoms with Gasteiger partial charge in [-0.3, -0.25) is 29.6 Å². The fourth-order valence-electron chi connectivity index (χ4n) is 8.94. The minimum Gasteiger partial charge on any atom is -0.406 e. The predicted molar refractivity (Wildman–Crippen MR) is 206 cm³/mol. The maximum Gasteiger partial charge on any atom is 0.573 e. The number of aryl methyl sites for hydroxylation is 1. The monoisotopic (exact) mass is 757 g/mol. The number of hydrogen-bond acceptors (Lipinski definition) is 8. The van der Waals surface area contributed by atoms with Crippen LogP contribution in [-0.4, -0.2) is 95.8 Å². The molecule has 292 valence electrons. The number of likely N-dealkylation sites (tertiary alicyclic amines) is 1. The molecule has 1 unspecified atom stereocenters. The summed E-state index contributed by atoms with van der Waals surface area (Å²) >= 11 is 0. The summed E-state index contributed by atoms with van der Waals surface area (Å²) in [5.74, 6) is 0.120. The van der Waals surface area contributed by atoms with Gasteiger partial charge in [0.1, 0.15) is 5.75 Å². The van der Waals surface area contributed by atoms with E-state index in [2.05, 4.69) is 76.8 Å². The topological polar surface area (TPSA) is 99.3 Å². The quantitative estimate of drug-likeness (QED) is 0.188. The number of amides is 2. The number of benzene rings is 3. The van der Waals surface area contributed by atoms with E-state index in [4.69, 9.17) is 5.73 Å². The number of hydrogen-bond donors (Lipinski definition) is 2. The molecule has 0 radical (unpaired) electrons. The van der Waals surface area contributed by atoms with Crippen molar-refractivity contribution in [2.24, 2.45) is 11.7 Å². The zero-order valence-corrected chi connectivity index (χ0v) is 31.2. The van der Waals surface area contributed by atoms with Crippen LogP contribution in [0.3, 0.4) is 0 Å². The van der Waals surface area contributed by atoms with Gasteiger partial charge in [-0.25, -0.2) is 0 Å². The van der Waals surface area contributed by atoms with Gasteiger partial charge < -0.3 is 19.9 Å². The second-order valence-electron chi connectivity index (χ2n) is 15.6. The molecular formula is C42H50F3N7O3. The first-order chi connectivity index (χ1) is 26.6. The number of piperazine rings is 1. The summed E-state index contributed by atoms with van der Waals surface area (Å²) in [5.41, 5.74) is 13.9. The van der Waals surface area contributed by atoms with Crippen molar-refractivity contribution < 1.29 is 27.5 Å². The van der Waals surface area contributed by atoms with E-state index in [1.54, 1.807) is 12.1 Å². The number of halogens is 3. The third kappa shape index (κ3) is 8.70. The number of piperidine rings is 2. The van der Waals surface area contributed by atoms with Crippen molar-refractivity contribution in [1.29, 1.82) is 0 Å². The number of anilines is 1. The molecule has 0 bridgehead atoms. The van der Waals surface area contributed by atoms with Gasteiger partial charge in [0.05, 0.1) is 6.04 Å². The van der Waals surface area contributed by atoms with Gasteiger partial charge in [0.2, 0.25) is 11.8 Å². The van der Waals surface area contributed by atoms with E-state index in [-0.39, 0.29) is 23.6 Å². The van der Waals surface area contributed by atoms with Crippen LogP contribution in [0.15, 0.2) is 66.9 Å². The van der Waals surface area contributed by atoms with Crippen molar-refractivity contribution in [3.8, 4) is 16.9 Å². The SMILES string of the molecule is NCCCn1cc(-c2ccc(OC(F)(F)F)cc2)c2ccc(CN3CCC(CN4CCN(c5ccc6c(c5)CN(C5CCC(=O)NC5=O)C6)CC4)CC3)cc21. The van der Waals surface area contributed by atoms with Crippen LogP contribution in [0.5, 0.6) is 5.75 Å². The first-order valence-electron chi connectivity index (χ1n) is 19.7. The number of fused-ring (bicyclic) bond motifs is 2. The van der Waals surface area contributed by atoms with Crippen molar-refractivity contribution >= 4 is 28.4 Å². The molecule has 8 rings (SSSR count). The third-order valence-electron chi connectivity index (χ3n) is 11.9. The molecule has 4 aliphatic heterocycles. The van der Waals surface area contributed by atoms with E-state index in [1.807, 2.05) is 0 Å². The molecule has 4 aromatic rings. The molecule has 0 aliphatic carbocycles. The van der Waals surface area contributed by atoms with Crippen LogP contribution in [0.4, 0.5) is 18.9 Å². The standard InChI is InChI=1S/C42H50F3N7O3/c43-42(44,45)55-35-7-4-31(5-8-35)37-28-51(15-1-14-46)39-22-30(2-9-36(37)39)25-48-16-12-29(13-17-48)24-49-18-20-50(21-19-49)34-6-3-32-26-52(27-33(32)23-34)38-10-11-40(53)47-41(38)54/h2-9,22-23,28-29,38H,1,10-21,24-27,46H2,(H,47,53,54). The Labute approximate surface area is 320 Å². The average molecular weight is 758 g/mol. The highest BCUT2D eigenvalue weighted by atomic mass is 19.4. The van der Waals surface area contributed by atoms with E-state index in [0.717, 1.165) is 100 Å². The van der Waals surface area contributed by atoms with Gasteiger partial charge in [0, 0.05) is 93.7 Å². The van der Waals surface area contributed by atoms with Crippen LogP contribution in [0.2, 0.25) is 0 Å². The number of alkyl halides is 3. The van der Waals surface area contributed by atoms with Crippen molar-refractivity contribution in [3.05, 3.63) is 83.6 Å². The Morgan fingerprint density at radius 3 is 2.33 bits per heavy atom. The number of rotatable bonds is 11. The zero-order chi connectivity index (χ0) is 38.1. The molecule has 3 aromatic carbocycles. The summed E-state index contributed by atoms with van der Waals surface area (Å²) in [6.07, 6.45) is 1.55. The minimum atomic E-state index is -4.72. The zero-order valence-electron chi connectivity index (χ0n) is 31.2. The lowest BCUT2D eigenvalue weighted by atomic mass is 9.95. The summed E-state index contributed by atoms with van der Waals surface area (Å²) in [5, 5.41) is 3.57. The average Bonchev–Trinajstić information content (AvgIpc) is 3.76. The van der Waals surface area contributed by atoms with Crippen molar-refractivity contribution in [3.63, 3.8) is 0 Å². The highest BCUT2D eigenvalue weighted by Crippen LogP contribution is 2.35. The molecule has 3 fully saturated rings. The molecule has 55 heavy (non-hydrogen) atoms. The molecule has 3 N–H and O–H groups in total. The normalized spacial score (nSPS) is 20.7. The summed E-state index contributed by atoms with van der Waals surface area (Å²) < 4.78 is 44.4. The Kier molecular flexibility index (Phi) is 10.9. The lowest BCUT2D eigenvalue weighted by molar-refractivity contribution is -0.274. The van der Waals surface area contributed by atoms with Crippen molar-refractivity contribution in [2.75, 3.05) is 57.3 Å². The van der Waals surface area contributed by atoms with Gasteiger partial charge in [0.15, 0.2) is 0 Å². The van der Waals surface area contributed by atoms with Gasteiger partial charge in [-0.05, 0) is 104 Å². The molecule has 1 aromatic heterocycles. The summed E-state index contributed by atoms with van der Waals surface area (Å²) in [4.78, 5) is 33.9. The fourth-order valence-corrected chi connectivity index (χ4v) is 8.94. The Morgan fingerprint density at radius 1 is 0.836 bits per heavy atom. The smallest absolute Gasteiger partial charge is 0.406 e. The van der Waals surface area contributed by atoms with Crippen molar-refractivity contribution in [1.82, 2.24) is 24.6 Å². The van der Waals surface area contributed by atoms with Gasteiger partial charge in [-0.2, -0.15) is 0 Å². The first-order valence-corrected chi connectivity index (χ1v) is 19.7. The third-order valence-corrected chi connectivity index (χ3v) is 11.9. The van der Waals surface area contributed by atoms with Crippen LogP contribution in [0.1, 0.15) is 48.8 Å². The van der Waals surface area contributed by atoms with E-state index >= 15 is 0 Å². The van der Waals surface area contributed by atoms with Crippen molar-refractivity contribution in [2.45, 2.75) is 70.7 Å². The van der Waals surface area contributed by atoms with Gasteiger partial charge in [-0.1, -0.05) is 30.3 Å². The number of imide groups is 1. The molecule has 2 amide bonds. The number of nitrogens with one attached hydrogen (secondary N) is 1. The highest BCUT2D eigenvalue weighted by molar-refractivity contribution is 6.00. The van der Waals surface area contributed by atoms with Crippen LogP contribution >= 0.6 is 0 Å². The number of nitrogens with zero attached hydrogens (tertiary/aromatic N) is 5. The molecule has 4 aliphatic rings. The molecule has 10 nitrogen and oxygen atoms in total. The maximum atomic E-state index is 12.7. The Morgan fingerprint density at radius 2 is 1.60 bits per heavy atom. The minimum absolute atomic E-state index is 0.166. The summed E-state index contributed by atoms with van der Waals surface area (Å²) in [6.45, 7) is 11.1. The van der Waals surface area contributed by atoms with E-state index < -0.39 is 6.36 Å². The van der Waals surface area contributed by atoms with Gasteiger partial charge in [0.25, 0.3) is 0 Å². The van der Waals surface area contributed by atoms with Crippen LogP contribution < -0.4 is 20.7 Å². The fraction of sp³-hybridized carbons (Fsp3) is 0.476. The van der Waals surface area contributed by atoms with Crippen LogP contribution in [-0.2, 0) is 35.8 Å². The molecule has 0 spiro atoms. The van der Waals surface area contributed by atoms with E-state index in [1.165, 1.54) is 47.4 Å². The predicted octanol–water partition coefficient (Wildman–Crippen LogP) is 5.71. The molecule has 3 saturated heterocycles. The highest BCUT2D eigenvalue weighted by Gasteiger charge is 2.35. The molecule has 13 heteroatoms. The molecule has 0 saturated carbocycles.